The second-order valence-electron chi connectivity index (χ2n) is 4.04. The van der Waals surface area contributed by atoms with Crippen molar-refractivity contribution in [3.8, 4) is 22.8 Å². The SMILES string of the molecule is COc1ccc(-c2cnc(NC(C)=O)cn2)cc1OC. The normalized spacial score (nSPS) is 9.95. The molecular weight excluding hydrogens is 258 g/mol. The Bertz CT molecular complexity index is 612. The molecule has 0 aliphatic heterocycles. The van der Waals surface area contributed by atoms with Crippen LogP contribution in [0, 0.1) is 0 Å². The summed E-state index contributed by atoms with van der Waals surface area (Å²) in [6.45, 7) is 1.42. The number of benzene rings is 1. The van der Waals surface area contributed by atoms with Gasteiger partial charge in [0.25, 0.3) is 0 Å². The van der Waals surface area contributed by atoms with Crippen LogP contribution in [0.25, 0.3) is 11.3 Å². The van der Waals surface area contributed by atoms with Crippen LogP contribution in [-0.4, -0.2) is 30.1 Å². The number of carbonyl (C=O) groups excluding carboxylic acids is 1. The van der Waals surface area contributed by atoms with Crippen molar-refractivity contribution in [3.63, 3.8) is 0 Å². The molecule has 6 heteroatoms. The third-order valence-electron chi connectivity index (χ3n) is 2.64. The zero-order chi connectivity index (χ0) is 14.5. The van der Waals surface area contributed by atoms with Crippen LogP contribution in [0.15, 0.2) is 30.6 Å². The zero-order valence-corrected chi connectivity index (χ0v) is 11.5. The molecule has 104 valence electrons. The van der Waals surface area contributed by atoms with E-state index in [4.69, 9.17) is 9.47 Å². The van der Waals surface area contributed by atoms with Gasteiger partial charge < -0.3 is 14.8 Å². The molecule has 2 aromatic rings. The lowest BCUT2D eigenvalue weighted by Gasteiger charge is -2.09. The Morgan fingerprint density at radius 1 is 1.10 bits per heavy atom. The van der Waals surface area contributed by atoms with Crippen LogP contribution in [0.2, 0.25) is 0 Å². The largest absolute Gasteiger partial charge is 0.493 e. The van der Waals surface area contributed by atoms with E-state index in [0.717, 1.165) is 5.56 Å². The smallest absolute Gasteiger partial charge is 0.222 e. The first-order valence-corrected chi connectivity index (χ1v) is 5.96. The van der Waals surface area contributed by atoms with E-state index in [-0.39, 0.29) is 5.91 Å². The predicted molar refractivity (Wildman–Crippen MR) is 74.9 cm³/mol. The molecule has 0 aliphatic carbocycles. The highest BCUT2D eigenvalue weighted by Gasteiger charge is 2.07. The number of nitrogens with one attached hydrogen (secondary N) is 1. The topological polar surface area (TPSA) is 73.3 Å². The second kappa shape index (κ2) is 6.01. The van der Waals surface area contributed by atoms with Crippen LogP contribution in [0.1, 0.15) is 6.92 Å². The van der Waals surface area contributed by atoms with Crippen molar-refractivity contribution < 1.29 is 14.3 Å². The van der Waals surface area contributed by atoms with Crippen molar-refractivity contribution in [2.45, 2.75) is 6.92 Å². The summed E-state index contributed by atoms with van der Waals surface area (Å²) in [5.74, 6) is 1.51. The molecule has 0 atom stereocenters. The number of amides is 1. The molecule has 0 fully saturated rings. The van der Waals surface area contributed by atoms with Gasteiger partial charge in [0.15, 0.2) is 17.3 Å². The van der Waals surface area contributed by atoms with Crippen LogP contribution >= 0.6 is 0 Å². The fourth-order valence-electron chi connectivity index (χ4n) is 1.72. The lowest BCUT2D eigenvalue weighted by molar-refractivity contribution is -0.114. The standard InChI is InChI=1S/C14H15N3O3/c1-9(18)17-14-8-15-11(7-16-14)10-4-5-12(19-2)13(6-10)20-3/h4-8H,1-3H3,(H,16,17,18). The number of hydrogen-bond acceptors (Lipinski definition) is 5. The Morgan fingerprint density at radius 2 is 1.85 bits per heavy atom. The van der Waals surface area contributed by atoms with Gasteiger partial charge in [0.1, 0.15) is 0 Å². The average Bonchev–Trinajstić information content (AvgIpc) is 2.46. The van der Waals surface area contributed by atoms with Gasteiger partial charge in [-0.1, -0.05) is 0 Å². The van der Waals surface area contributed by atoms with Crippen LogP contribution in [-0.2, 0) is 4.79 Å². The first-order chi connectivity index (χ1) is 9.63. The van der Waals surface area contributed by atoms with Crippen molar-refractivity contribution in [2.24, 2.45) is 0 Å². The van der Waals surface area contributed by atoms with E-state index in [1.165, 1.54) is 13.1 Å². The van der Waals surface area contributed by atoms with Gasteiger partial charge in [-0.25, -0.2) is 4.98 Å². The average molecular weight is 273 g/mol. The molecule has 0 aliphatic rings. The first-order valence-electron chi connectivity index (χ1n) is 5.96. The van der Waals surface area contributed by atoms with Crippen LogP contribution in [0.4, 0.5) is 5.82 Å². The van der Waals surface area contributed by atoms with Gasteiger partial charge in [0.05, 0.1) is 32.3 Å². The first kappa shape index (κ1) is 13.8. The number of hydrogen-bond donors (Lipinski definition) is 1. The summed E-state index contributed by atoms with van der Waals surface area (Å²) in [7, 11) is 3.16. The minimum Gasteiger partial charge on any atom is -0.493 e. The lowest BCUT2D eigenvalue weighted by Crippen LogP contribution is -2.07. The Hall–Kier alpha value is -2.63. The summed E-state index contributed by atoms with van der Waals surface area (Å²) in [6, 6.07) is 5.49. The van der Waals surface area contributed by atoms with Gasteiger partial charge >= 0.3 is 0 Å². The Kier molecular flexibility index (Phi) is 4.14. The van der Waals surface area contributed by atoms with Crippen molar-refractivity contribution in [3.05, 3.63) is 30.6 Å². The fraction of sp³-hybridized carbons (Fsp3) is 0.214. The summed E-state index contributed by atoms with van der Waals surface area (Å²) in [5.41, 5.74) is 1.53. The minimum atomic E-state index is -0.182. The molecule has 0 bridgehead atoms. The molecule has 6 nitrogen and oxygen atoms in total. The molecule has 0 unspecified atom stereocenters. The highest BCUT2D eigenvalue weighted by Crippen LogP contribution is 2.31. The molecule has 0 saturated heterocycles. The van der Waals surface area contributed by atoms with Crippen molar-refractivity contribution in [1.82, 2.24) is 9.97 Å². The summed E-state index contributed by atoms with van der Waals surface area (Å²) < 4.78 is 10.4. The highest BCUT2D eigenvalue weighted by molar-refractivity contribution is 5.87. The number of anilines is 1. The van der Waals surface area contributed by atoms with E-state index in [9.17, 15) is 4.79 Å². The summed E-state index contributed by atoms with van der Waals surface area (Å²) in [6.07, 6.45) is 3.10. The van der Waals surface area contributed by atoms with Crippen molar-refractivity contribution >= 4 is 11.7 Å². The van der Waals surface area contributed by atoms with Gasteiger partial charge in [-0.05, 0) is 18.2 Å². The van der Waals surface area contributed by atoms with Crippen molar-refractivity contribution in [2.75, 3.05) is 19.5 Å². The van der Waals surface area contributed by atoms with Gasteiger partial charge in [-0.2, -0.15) is 0 Å². The van der Waals surface area contributed by atoms with Gasteiger partial charge in [-0.3, -0.25) is 9.78 Å². The predicted octanol–water partition coefficient (Wildman–Crippen LogP) is 2.12. The van der Waals surface area contributed by atoms with E-state index < -0.39 is 0 Å². The maximum absolute atomic E-state index is 10.9. The molecule has 1 N–H and O–H groups in total. The second-order valence-corrected chi connectivity index (χ2v) is 4.04. The number of nitrogens with zero attached hydrogens (tertiary/aromatic N) is 2. The lowest BCUT2D eigenvalue weighted by atomic mass is 10.1. The molecule has 0 saturated carbocycles. The Labute approximate surface area is 116 Å². The third-order valence-corrected chi connectivity index (χ3v) is 2.64. The molecule has 0 radical (unpaired) electrons. The molecule has 2 rings (SSSR count). The highest BCUT2D eigenvalue weighted by atomic mass is 16.5. The Morgan fingerprint density at radius 3 is 2.40 bits per heavy atom. The van der Waals surface area contributed by atoms with E-state index in [1.54, 1.807) is 26.5 Å². The molecule has 1 aromatic carbocycles. The maximum Gasteiger partial charge on any atom is 0.222 e. The molecule has 20 heavy (non-hydrogen) atoms. The monoisotopic (exact) mass is 273 g/mol. The van der Waals surface area contributed by atoms with Gasteiger partial charge in [0, 0.05) is 12.5 Å². The number of rotatable bonds is 4. The van der Waals surface area contributed by atoms with E-state index >= 15 is 0 Å². The van der Waals surface area contributed by atoms with E-state index in [2.05, 4.69) is 15.3 Å². The fourth-order valence-corrected chi connectivity index (χ4v) is 1.72. The van der Waals surface area contributed by atoms with Crippen LogP contribution < -0.4 is 14.8 Å². The van der Waals surface area contributed by atoms with E-state index in [1.807, 2.05) is 12.1 Å². The summed E-state index contributed by atoms with van der Waals surface area (Å²) >= 11 is 0. The van der Waals surface area contributed by atoms with E-state index in [0.29, 0.717) is 23.0 Å². The quantitative estimate of drug-likeness (QED) is 0.923. The molecular formula is C14H15N3O3. The van der Waals surface area contributed by atoms with Gasteiger partial charge in [-0.15, -0.1) is 0 Å². The van der Waals surface area contributed by atoms with Gasteiger partial charge in [0.2, 0.25) is 5.91 Å². The minimum absolute atomic E-state index is 0.182. The number of methoxy groups -OCH3 is 2. The van der Waals surface area contributed by atoms with Crippen molar-refractivity contribution in [1.29, 1.82) is 0 Å². The van der Waals surface area contributed by atoms with Crippen LogP contribution in [0.3, 0.4) is 0 Å². The molecule has 1 heterocycles. The zero-order valence-electron chi connectivity index (χ0n) is 11.5. The number of carbonyl (C=O) groups is 1. The van der Waals surface area contributed by atoms with Crippen LogP contribution in [0.5, 0.6) is 11.5 Å². The molecule has 1 amide bonds. The maximum atomic E-state index is 10.9. The number of ether oxygens (including phenoxy) is 2. The summed E-state index contributed by atoms with van der Waals surface area (Å²) in [5, 5.41) is 2.57. The Balaban J connectivity index is 2.29. The number of aromatic nitrogens is 2. The third kappa shape index (κ3) is 3.03. The summed E-state index contributed by atoms with van der Waals surface area (Å²) in [4.78, 5) is 19.3. The molecule has 1 aromatic heterocycles. The molecule has 0 spiro atoms.